The van der Waals surface area contributed by atoms with Gasteiger partial charge in [-0.05, 0) is 61.5 Å². The van der Waals surface area contributed by atoms with E-state index >= 15 is 0 Å². The Hall–Kier alpha value is -0.990. The molecule has 0 spiro atoms. The first kappa shape index (κ1) is 13.0. The van der Waals surface area contributed by atoms with Crippen LogP contribution in [-0.2, 0) is 6.42 Å². The molecule has 1 nitrogen and oxygen atoms in total. The van der Waals surface area contributed by atoms with Crippen molar-refractivity contribution in [2.24, 2.45) is 0 Å². The highest BCUT2D eigenvalue weighted by Crippen LogP contribution is 2.31. The lowest BCUT2D eigenvalue weighted by molar-refractivity contribution is 0.310. The number of likely N-dealkylation sites (N-methyl/N-ethyl adjacent to an activating group) is 1. The summed E-state index contributed by atoms with van der Waals surface area (Å²) < 4.78 is 0. The standard InChI is InChI=1S/C17H21NS/c1-18-11-5-9-15(18)12-14-8-3-6-13-7-4-10-16(19-2)17(13)14/h3-4,6-8,10,15H,5,9,11-12H2,1-2H3/t15-/m0/s1. The summed E-state index contributed by atoms with van der Waals surface area (Å²) in [5.41, 5.74) is 1.52. The molecule has 0 bridgehead atoms. The molecule has 3 rings (SSSR count). The first-order valence-corrected chi connectivity index (χ1v) is 8.27. The van der Waals surface area contributed by atoms with Crippen LogP contribution in [0.4, 0.5) is 0 Å². The summed E-state index contributed by atoms with van der Waals surface area (Å²) in [6, 6.07) is 14.1. The van der Waals surface area contributed by atoms with Crippen LogP contribution in [0.25, 0.3) is 10.8 Å². The van der Waals surface area contributed by atoms with Crippen LogP contribution in [-0.4, -0.2) is 30.8 Å². The normalized spacial score (nSPS) is 20.2. The highest BCUT2D eigenvalue weighted by molar-refractivity contribution is 7.98. The minimum atomic E-state index is 0.723. The molecule has 0 amide bonds. The Morgan fingerprint density at radius 2 is 2.00 bits per heavy atom. The summed E-state index contributed by atoms with van der Waals surface area (Å²) >= 11 is 1.86. The van der Waals surface area contributed by atoms with Crippen molar-refractivity contribution in [1.82, 2.24) is 4.90 Å². The number of thioether (sulfide) groups is 1. The molecule has 0 radical (unpaired) electrons. The molecule has 2 heteroatoms. The Kier molecular flexibility index (Phi) is 3.81. The molecular formula is C17H21NS. The molecule has 0 unspecified atom stereocenters. The fourth-order valence-corrected chi connectivity index (χ4v) is 3.88. The van der Waals surface area contributed by atoms with Crippen molar-refractivity contribution in [3.8, 4) is 0 Å². The van der Waals surface area contributed by atoms with Gasteiger partial charge in [0.15, 0.2) is 0 Å². The second kappa shape index (κ2) is 5.56. The molecule has 19 heavy (non-hydrogen) atoms. The van der Waals surface area contributed by atoms with Gasteiger partial charge in [0.1, 0.15) is 0 Å². The number of likely N-dealkylation sites (tertiary alicyclic amines) is 1. The molecule has 2 aromatic carbocycles. The predicted molar refractivity (Wildman–Crippen MR) is 85.1 cm³/mol. The van der Waals surface area contributed by atoms with Gasteiger partial charge in [0.25, 0.3) is 0 Å². The first-order chi connectivity index (χ1) is 9.29. The van der Waals surface area contributed by atoms with E-state index in [0.29, 0.717) is 0 Å². The smallest absolute Gasteiger partial charge is 0.0150 e. The first-order valence-electron chi connectivity index (χ1n) is 7.04. The maximum atomic E-state index is 2.51. The Balaban J connectivity index is 2.02. The molecule has 0 aliphatic carbocycles. The lowest BCUT2D eigenvalue weighted by atomic mass is 9.98. The molecule has 2 aromatic rings. The summed E-state index contributed by atoms with van der Waals surface area (Å²) in [5, 5.41) is 2.85. The van der Waals surface area contributed by atoms with Crippen LogP contribution >= 0.6 is 11.8 Å². The molecule has 1 fully saturated rings. The third-order valence-corrected chi connectivity index (χ3v) is 5.08. The van der Waals surface area contributed by atoms with E-state index in [4.69, 9.17) is 0 Å². The number of hydrogen-bond donors (Lipinski definition) is 0. The Bertz CT molecular complexity index is 573. The summed E-state index contributed by atoms with van der Waals surface area (Å²) in [6.45, 7) is 1.25. The molecule has 1 saturated heterocycles. The number of hydrogen-bond acceptors (Lipinski definition) is 2. The van der Waals surface area contributed by atoms with Crippen molar-refractivity contribution >= 4 is 22.5 Å². The second-order valence-electron chi connectivity index (χ2n) is 5.46. The molecule has 0 N–H and O–H groups in total. The van der Waals surface area contributed by atoms with E-state index in [0.717, 1.165) is 6.04 Å². The van der Waals surface area contributed by atoms with Crippen molar-refractivity contribution in [3.05, 3.63) is 42.0 Å². The summed E-state index contributed by atoms with van der Waals surface area (Å²) in [7, 11) is 2.26. The van der Waals surface area contributed by atoms with Crippen LogP contribution in [0.1, 0.15) is 18.4 Å². The third kappa shape index (κ3) is 2.52. The van der Waals surface area contributed by atoms with Crippen molar-refractivity contribution < 1.29 is 0 Å². The van der Waals surface area contributed by atoms with Crippen molar-refractivity contribution in [2.75, 3.05) is 19.8 Å². The maximum Gasteiger partial charge on any atom is 0.0150 e. The Morgan fingerprint density at radius 1 is 1.21 bits per heavy atom. The fraction of sp³-hybridized carbons (Fsp3) is 0.412. The van der Waals surface area contributed by atoms with Gasteiger partial charge < -0.3 is 4.90 Å². The largest absolute Gasteiger partial charge is 0.303 e. The average Bonchev–Trinajstić information content (AvgIpc) is 2.84. The van der Waals surface area contributed by atoms with Crippen LogP contribution in [0.2, 0.25) is 0 Å². The van der Waals surface area contributed by atoms with E-state index in [1.165, 1.54) is 47.0 Å². The van der Waals surface area contributed by atoms with Crippen LogP contribution in [0, 0.1) is 0 Å². The average molecular weight is 271 g/mol. The molecule has 0 saturated carbocycles. The van der Waals surface area contributed by atoms with Crippen LogP contribution in [0.15, 0.2) is 41.3 Å². The van der Waals surface area contributed by atoms with E-state index in [9.17, 15) is 0 Å². The van der Waals surface area contributed by atoms with Gasteiger partial charge in [-0.1, -0.05) is 30.3 Å². The number of benzene rings is 2. The highest BCUT2D eigenvalue weighted by Gasteiger charge is 2.21. The minimum Gasteiger partial charge on any atom is -0.303 e. The SMILES string of the molecule is CSc1cccc2cccc(C[C@@H]3CCCN3C)c12. The number of rotatable bonds is 3. The summed E-state index contributed by atoms with van der Waals surface area (Å²) in [5.74, 6) is 0. The van der Waals surface area contributed by atoms with Crippen molar-refractivity contribution in [1.29, 1.82) is 0 Å². The minimum absolute atomic E-state index is 0.723. The van der Waals surface area contributed by atoms with Gasteiger partial charge >= 0.3 is 0 Å². The van der Waals surface area contributed by atoms with E-state index in [2.05, 4.69) is 54.6 Å². The molecule has 0 aromatic heterocycles. The topological polar surface area (TPSA) is 3.24 Å². The van der Waals surface area contributed by atoms with E-state index < -0.39 is 0 Å². The Morgan fingerprint density at radius 3 is 2.68 bits per heavy atom. The van der Waals surface area contributed by atoms with E-state index in [1.807, 2.05) is 11.8 Å². The van der Waals surface area contributed by atoms with Crippen molar-refractivity contribution in [3.63, 3.8) is 0 Å². The number of nitrogens with zero attached hydrogens (tertiary/aromatic N) is 1. The van der Waals surface area contributed by atoms with Crippen molar-refractivity contribution in [2.45, 2.75) is 30.2 Å². The van der Waals surface area contributed by atoms with Gasteiger partial charge in [0.2, 0.25) is 0 Å². The monoisotopic (exact) mass is 271 g/mol. The zero-order chi connectivity index (χ0) is 13.2. The fourth-order valence-electron chi connectivity index (χ4n) is 3.21. The lowest BCUT2D eigenvalue weighted by Gasteiger charge is -2.20. The van der Waals surface area contributed by atoms with Gasteiger partial charge in [-0.25, -0.2) is 0 Å². The zero-order valence-electron chi connectivity index (χ0n) is 11.7. The van der Waals surface area contributed by atoms with Crippen LogP contribution in [0.3, 0.4) is 0 Å². The van der Waals surface area contributed by atoms with E-state index in [1.54, 1.807) is 0 Å². The van der Waals surface area contributed by atoms with Gasteiger partial charge in [-0.15, -0.1) is 11.8 Å². The van der Waals surface area contributed by atoms with E-state index in [-0.39, 0.29) is 0 Å². The summed E-state index contributed by atoms with van der Waals surface area (Å²) in [6.07, 6.45) is 6.05. The van der Waals surface area contributed by atoms with Gasteiger partial charge in [0.05, 0.1) is 0 Å². The predicted octanol–water partition coefficient (Wildman–Crippen LogP) is 4.20. The van der Waals surface area contributed by atoms with Gasteiger partial charge in [0, 0.05) is 10.9 Å². The van der Waals surface area contributed by atoms with Gasteiger partial charge in [-0.2, -0.15) is 0 Å². The summed E-state index contributed by atoms with van der Waals surface area (Å²) in [4.78, 5) is 3.93. The third-order valence-electron chi connectivity index (χ3n) is 4.30. The quantitative estimate of drug-likeness (QED) is 0.770. The maximum absolute atomic E-state index is 2.51. The molecule has 1 aliphatic heterocycles. The molecular weight excluding hydrogens is 250 g/mol. The van der Waals surface area contributed by atoms with Gasteiger partial charge in [-0.3, -0.25) is 0 Å². The molecule has 1 aliphatic rings. The molecule has 1 atom stereocenters. The molecule has 100 valence electrons. The Labute approximate surface area is 120 Å². The van der Waals surface area contributed by atoms with Crippen LogP contribution in [0.5, 0.6) is 0 Å². The second-order valence-corrected chi connectivity index (χ2v) is 6.30. The highest BCUT2D eigenvalue weighted by atomic mass is 32.2. The lowest BCUT2D eigenvalue weighted by Crippen LogP contribution is -2.26. The number of fused-ring (bicyclic) bond motifs is 1. The van der Waals surface area contributed by atoms with Crippen LogP contribution < -0.4 is 0 Å². The zero-order valence-corrected chi connectivity index (χ0v) is 12.5. The molecule has 1 heterocycles.